The molecule has 182 valence electrons. The smallest absolute Gasteiger partial charge is 0.191 e. The van der Waals surface area contributed by atoms with Crippen LogP contribution in [0.25, 0.3) is 0 Å². The maximum Gasteiger partial charge on any atom is 0.191 e. The lowest BCUT2D eigenvalue weighted by Gasteiger charge is -2.35. The molecular formula is C25H37IN4O3. The molecule has 2 unspecified atom stereocenters. The van der Waals surface area contributed by atoms with Crippen LogP contribution in [-0.2, 0) is 24.4 Å². The molecule has 1 fully saturated rings. The second kappa shape index (κ2) is 13.6. The average molecular weight is 569 g/mol. The molecule has 2 atom stereocenters. The number of hydrogen-bond donors (Lipinski definition) is 2. The Labute approximate surface area is 214 Å². The third-order valence-electron chi connectivity index (χ3n) is 5.59. The lowest BCUT2D eigenvalue weighted by atomic mass is 10.1. The average Bonchev–Trinajstić information content (AvgIpc) is 2.79. The van der Waals surface area contributed by atoms with E-state index in [1.165, 1.54) is 11.1 Å². The van der Waals surface area contributed by atoms with E-state index in [1.807, 2.05) is 18.2 Å². The molecular weight excluding hydrogens is 531 g/mol. The number of nitrogens with one attached hydrogen (secondary N) is 2. The summed E-state index contributed by atoms with van der Waals surface area (Å²) in [5.41, 5.74) is 3.69. The zero-order chi connectivity index (χ0) is 22.9. The molecule has 7 nitrogen and oxygen atoms in total. The van der Waals surface area contributed by atoms with Gasteiger partial charge in [0.1, 0.15) is 0 Å². The van der Waals surface area contributed by atoms with Gasteiger partial charge in [0.2, 0.25) is 0 Å². The summed E-state index contributed by atoms with van der Waals surface area (Å²) in [6.07, 6.45) is 0.535. The minimum Gasteiger partial charge on any atom is -0.493 e. The normalized spacial score (nSPS) is 18.9. The number of morpholine rings is 1. The van der Waals surface area contributed by atoms with E-state index in [1.54, 1.807) is 21.3 Å². The number of methoxy groups -OCH3 is 2. The molecule has 8 heteroatoms. The van der Waals surface area contributed by atoms with E-state index in [2.05, 4.69) is 58.6 Å². The molecule has 0 saturated carbocycles. The zero-order valence-corrected chi connectivity index (χ0v) is 22.6. The van der Waals surface area contributed by atoms with Gasteiger partial charge >= 0.3 is 0 Å². The van der Waals surface area contributed by atoms with Crippen LogP contribution in [0.4, 0.5) is 0 Å². The molecule has 2 aromatic rings. The second-order valence-electron chi connectivity index (χ2n) is 8.19. The predicted molar refractivity (Wildman–Crippen MR) is 144 cm³/mol. The second-order valence-corrected chi connectivity index (χ2v) is 8.19. The first-order valence-corrected chi connectivity index (χ1v) is 11.1. The highest BCUT2D eigenvalue weighted by molar-refractivity contribution is 14.0. The van der Waals surface area contributed by atoms with Gasteiger partial charge in [-0.2, -0.15) is 0 Å². The van der Waals surface area contributed by atoms with Gasteiger partial charge in [0.15, 0.2) is 17.5 Å². The van der Waals surface area contributed by atoms with Gasteiger partial charge in [-0.3, -0.25) is 9.89 Å². The maximum absolute atomic E-state index is 5.88. The lowest BCUT2D eigenvalue weighted by molar-refractivity contribution is -0.0705. The molecule has 3 rings (SSSR count). The van der Waals surface area contributed by atoms with Crippen molar-refractivity contribution in [2.45, 2.75) is 45.7 Å². The van der Waals surface area contributed by atoms with E-state index in [-0.39, 0.29) is 36.2 Å². The Morgan fingerprint density at radius 1 is 0.970 bits per heavy atom. The van der Waals surface area contributed by atoms with Crippen LogP contribution in [-0.4, -0.2) is 57.4 Å². The molecule has 0 aromatic heterocycles. The van der Waals surface area contributed by atoms with E-state index in [0.717, 1.165) is 42.7 Å². The molecule has 2 N–H and O–H groups in total. The first-order valence-electron chi connectivity index (χ1n) is 11.1. The number of rotatable bonds is 8. The van der Waals surface area contributed by atoms with Crippen LogP contribution >= 0.6 is 24.0 Å². The Hall–Kier alpha value is -2.04. The van der Waals surface area contributed by atoms with E-state index < -0.39 is 0 Å². The first-order chi connectivity index (χ1) is 15.5. The number of hydrogen-bond acceptors (Lipinski definition) is 5. The molecule has 0 amide bonds. The van der Waals surface area contributed by atoms with Crippen LogP contribution in [0.1, 0.15) is 30.5 Å². The lowest BCUT2D eigenvalue weighted by Crippen LogP contribution is -2.45. The van der Waals surface area contributed by atoms with Crippen LogP contribution in [0.15, 0.2) is 47.5 Å². The van der Waals surface area contributed by atoms with E-state index in [9.17, 15) is 0 Å². The quantitative estimate of drug-likeness (QED) is 0.287. The molecule has 33 heavy (non-hydrogen) atoms. The molecule has 0 radical (unpaired) electrons. The number of ether oxygens (including phenoxy) is 3. The van der Waals surface area contributed by atoms with Crippen molar-refractivity contribution in [2.24, 2.45) is 4.99 Å². The van der Waals surface area contributed by atoms with Gasteiger partial charge in [-0.05, 0) is 42.7 Å². The highest BCUT2D eigenvalue weighted by Gasteiger charge is 2.22. The molecule has 1 aliphatic heterocycles. The first kappa shape index (κ1) is 27.2. The number of nitrogens with zero attached hydrogens (tertiary/aromatic N) is 2. The van der Waals surface area contributed by atoms with E-state index in [4.69, 9.17) is 14.2 Å². The number of benzene rings is 2. The van der Waals surface area contributed by atoms with Crippen molar-refractivity contribution < 1.29 is 14.2 Å². The summed E-state index contributed by atoms with van der Waals surface area (Å²) in [7, 11) is 5.07. The van der Waals surface area contributed by atoms with Gasteiger partial charge in [0.25, 0.3) is 0 Å². The fraction of sp³-hybridized carbons (Fsp3) is 0.480. The van der Waals surface area contributed by atoms with Crippen LogP contribution in [0, 0.1) is 0 Å². The SMILES string of the molecule is CN=C(NCc1ccc(OC)c(OC)c1)NCc1ccccc1CN1CC(C)OC(C)C1.I. The van der Waals surface area contributed by atoms with Gasteiger partial charge in [0.05, 0.1) is 26.4 Å². The number of halogens is 1. The summed E-state index contributed by atoms with van der Waals surface area (Å²) in [4.78, 5) is 6.85. The van der Waals surface area contributed by atoms with Crippen molar-refractivity contribution in [3.8, 4) is 11.5 Å². The minimum atomic E-state index is 0. The summed E-state index contributed by atoms with van der Waals surface area (Å²) in [5.74, 6) is 2.19. The molecule has 1 aliphatic rings. The van der Waals surface area contributed by atoms with Crippen LogP contribution < -0.4 is 20.1 Å². The van der Waals surface area contributed by atoms with Crippen molar-refractivity contribution >= 4 is 29.9 Å². The molecule has 2 aromatic carbocycles. The highest BCUT2D eigenvalue weighted by Crippen LogP contribution is 2.27. The third-order valence-corrected chi connectivity index (χ3v) is 5.59. The third kappa shape index (κ3) is 8.04. The van der Waals surface area contributed by atoms with Gasteiger partial charge in [-0.15, -0.1) is 24.0 Å². The summed E-state index contributed by atoms with van der Waals surface area (Å²) >= 11 is 0. The maximum atomic E-state index is 5.88. The fourth-order valence-electron chi connectivity index (χ4n) is 4.11. The number of guanidine groups is 1. The Kier molecular flexibility index (Phi) is 11.2. The fourth-order valence-corrected chi connectivity index (χ4v) is 4.11. The monoisotopic (exact) mass is 568 g/mol. The van der Waals surface area contributed by atoms with E-state index >= 15 is 0 Å². The Morgan fingerprint density at radius 3 is 2.24 bits per heavy atom. The number of aliphatic imine (C=N–C) groups is 1. The van der Waals surface area contributed by atoms with Gasteiger partial charge in [-0.25, -0.2) is 0 Å². The molecule has 0 spiro atoms. The summed E-state index contributed by atoms with van der Waals surface area (Å²) in [6, 6.07) is 14.5. The molecule has 0 bridgehead atoms. The van der Waals surface area contributed by atoms with E-state index in [0.29, 0.717) is 13.1 Å². The van der Waals surface area contributed by atoms with Crippen LogP contribution in [0.2, 0.25) is 0 Å². The Morgan fingerprint density at radius 2 is 1.61 bits per heavy atom. The van der Waals surface area contributed by atoms with Crippen molar-refractivity contribution in [1.29, 1.82) is 0 Å². The van der Waals surface area contributed by atoms with Crippen LogP contribution in [0.5, 0.6) is 11.5 Å². The Balaban J connectivity index is 0.00000385. The predicted octanol–water partition coefficient (Wildman–Crippen LogP) is 3.80. The van der Waals surface area contributed by atoms with Gasteiger partial charge in [0, 0.05) is 39.8 Å². The van der Waals surface area contributed by atoms with Crippen molar-refractivity contribution in [3.63, 3.8) is 0 Å². The molecule has 1 heterocycles. The standard InChI is InChI=1S/C25H36N4O3.HI/c1-18-15-29(16-19(2)32-18)17-22-9-7-6-8-21(22)14-28-25(26-3)27-13-20-10-11-23(30-4)24(12-20)31-5;/h6-12,18-19H,13-17H2,1-5H3,(H2,26,27,28);1H. The van der Waals surface area contributed by atoms with Gasteiger partial charge < -0.3 is 24.8 Å². The van der Waals surface area contributed by atoms with Crippen LogP contribution in [0.3, 0.4) is 0 Å². The van der Waals surface area contributed by atoms with Crippen molar-refractivity contribution in [2.75, 3.05) is 34.4 Å². The minimum absolute atomic E-state index is 0. The van der Waals surface area contributed by atoms with Gasteiger partial charge in [-0.1, -0.05) is 30.3 Å². The molecule has 1 saturated heterocycles. The summed E-state index contributed by atoms with van der Waals surface area (Å²) in [6.45, 7) is 8.46. The Bertz CT molecular complexity index is 899. The topological polar surface area (TPSA) is 67.4 Å². The summed E-state index contributed by atoms with van der Waals surface area (Å²) in [5, 5.41) is 6.81. The highest BCUT2D eigenvalue weighted by atomic mass is 127. The van der Waals surface area contributed by atoms with Crippen molar-refractivity contribution in [3.05, 3.63) is 59.2 Å². The summed E-state index contributed by atoms with van der Waals surface area (Å²) < 4.78 is 16.6. The largest absolute Gasteiger partial charge is 0.493 e. The molecule has 0 aliphatic carbocycles. The zero-order valence-electron chi connectivity index (χ0n) is 20.3. The van der Waals surface area contributed by atoms with Crippen molar-refractivity contribution in [1.82, 2.24) is 15.5 Å².